The summed E-state index contributed by atoms with van der Waals surface area (Å²) in [5.74, 6) is 0. The summed E-state index contributed by atoms with van der Waals surface area (Å²) in [6, 6.07) is 73.6. The van der Waals surface area contributed by atoms with E-state index < -0.39 is 0 Å². The van der Waals surface area contributed by atoms with Crippen LogP contribution >= 0.6 is 0 Å². The molecule has 8 aromatic carbocycles. The van der Waals surface area contributed by atoms with E-state index >= 15 is 0 Å². The molecule has 0 aliphatic heterocycles. The van der Waals surface area contributed by atoms with E-state index in [-0.39, 0.29) is 458 Å². The van der Waals surface area contributed by atoms with Crippen molar-refractivity contribution >= 4 is 43.6 Å². The Hall–Kier alpha value is 8.81. The second kappa shape index (κ2) is 72.1. The molecular weight excluding hydrogens is 2080 g/mol. The summed E-state index contributed by atoms with van der Waals surface area (Å²) < 4.78 is 4.61. The van der Waals surface area contributed by atoms with Gasteiger partial charge in [-0.15, -0.1) is 17.1 Å². The predicted molar refractivity (Wildman–Crippen MR) is 305 cm³/mol. The minimum atomic E-state index is 0. The molecule has 83 heavy (non-hydrogen) atoms. The summed E-state index contributed by atoms with van der Waals surface area (Å²) in [5, 5.41) is 4.88. The number of aromatic nitrogens is 2. The van der Waals surface area contributed by atoms with Gasteiger partial charge in [-0.1, -0.05) is 174 Å². The Morgan fingerprint density at radius 3 is 1.36 bits per heavy atom. The van der Waals surface area contributed by atoms with Crippen molar-refractivity contribution < 1.29 is 458 Å². The van der Waals surface area contributed by atoms with Gasteiger partial charge in [0.15, 0.2) is 0 Å². The molecule has 404 valence electrons. The van der Waals surface area contributed by atoms with Crippen LogP contribution in [0.25, 0.3) is 77.0 Å². The van der Waals surface area contributed by atoms with Crippen LogP contribution in [0.4, 0.5) is 0 Å². The van der Waals surface area contributed by atoms with Crippen LogP contribution in [-0.2, 0) is 484 Å². The molecule has 0 atom stereocenters. The molecule has 0 saturated heterocycles. The molecule has 10 aromatic rings. The zero-order chi connectivity index (χ0) is 50.7. The van der Waals surface area contributed by atoms with Gasteiger partial charge in [0, 0.05) is 482 Å². The Morgan fingerprint density at radius 2 is 0.831 bits per heavy atom. The van der Waals surface area contributed by atoms with Gasteiger partial charge in [-0.3, -0.25) is 12.1 Å². The molecular formula is C67H77N2Y14-7. The number of nitrogens with zero attached hydrogens (tertiary/aromatic N) is 2. The normalized spacial score (nSPS) is 8.37. The molecule has 2 heterocycles. The Labute approximate surface area is 858 Å². The minimum absolute atomic E-state index is 0. The van der Waals surface area contributed by atoms with Crippen molar-refractivity contribution in [2.75, 3.05) is 0 Å². The van der Waals surface area contributed by atoms with Crippen LogP contribution in [0.2, 0.25) is 0 Å². The largest absolute Gasteiger partial charge is 0.460 e. The zero-order valence-corrected chi connectivity index (χ0v) is 92.4. The van der Waals surface area contributed by atoms with Crippen molar-refractivity contribution in [3.8, 4) is 33.4 Å². The fourth-order valence-corrected chi connectivity index (χ4v) is 8.37. The summed E-state index contributed by atoms with van der Waals surface area (Å²) in [5.41, 5.74) is 16.1. The Bertz CT molecular complexity index is 3030. The van der Waals surface area contributed by atoms with E-state index in [9.17, 15) is 0 Å². The molecule has 2 nitrogen and oxygen atoms in total. The Kier molecular flexibility index (Phi) is 103. The molecule has 0 spiro atoms. The van der Waals surface area contributed by atoms with E-state index in [1.54, 1.807) is 5.56 Å². The number of hydrogen-bond donors (Lipinski definition) is 0. The molecule has 0 fully saturated rings. The topological polar surface area (TPSA) is 9.86 Å². The Morgan fingerprint density at radius 1 is 0.361 bits per heavy atom. The number of hydrogen-bond acceptors (Lipinski definition) is 0. The SMILES string of the molecule is CC.CC.CC.CC.CC.CC.CCc1cccc2c1Cc1ccccc1-2.CCn1c2[c-]c(-c3[c-]ccc[c-]3)[c-]cc2c2ccccc21.CCn1c2c[c-]c(-c3[c-]cccc3)[c-]c2c2ccccc21.[Y].[Y].[Y].[Y].[Y].[Y].[Y].[Y].[Y].[Y].[Y].[Y].[Y].[Y]. The van der Waals surface area contributed by atoms with Gasteiger partial charge in [0.05, 0.1) is 0 Å². The third-order valence-corrected chi connectivity index (χ3v) is 11.1. The molecule has 0 bridgehead atoms. The van der Waals surface area contributed by atoms with Gasteiger partial charge in [0.25, 0.3) is 0 Å². The first-order chi connectivity index (χ1) is 34.2. The number of benzene rings is 8. The van der Waals surface area contributed by atoms with Crippen molar-refractivity contribution in [2.24, 2.45) is 0 Å². The van der Waals surface area contributed by atoms with Crippen LogP contribution in [0.1, 0.15) is 121 Å². The first kappa shape index (κ1) is 119. The van der Waals surface area contributed by atoms with E-state index in [4.69, 9.17) is 0 Å². The van der Waals surface area contributed by atoms with Crippen LogP contribution in [0, 0.1) is 42.5 Å². The minimum Gasteiger partial charge on any atom is -0.460 e. The third kappa shape index (κ3) is 34.6. The summed E-state index contributed by atoms with van der Waals surface area (Å²) in [6.07, 6.45) is 2.26. The number of aryl methyl sites for hydroxylation is 3. The smallest absolute Gasteiger partial charge is 0.0297 e. The fourth-order valence-electron chi connectivity index (χ4n) is 8.37. The van der Waals surface area contributed by atoms with Gasteiger partial charge in [-0.2, -0.15) is 22.9 Å². The number of rotatable bonds is 5. The van der Waals surface area contributed by atoms with Crippen molar-refractivity contribution in [2.45, 2.75) is 130 Å². The van der Waals surface area contributed by atoms with Gasteiger partial charge in [0.2, 0.25) is 0 Å². The zero-order valence-electron chi connectivity index (χ0n) is 52.7. The molecule has 16 heteroatoms. The third-order valence-electron chi connectivity index (χ3n) is 11.1. The van der Waals surface area contributed by atoms with Crippen molar-refractivity contribution in [3.63, 3.8) is 0 Å². The van der Waals surface area contributed by atoms with Gasteiger partial charge >= 0.3 is 0 Å². The Balaban J connectivity index is -0.0000000780. The molecule has 0 unspecified atom stereocenters. The second-order valence-corrected chi connectivity index (χ2v) is 14.2. The van der Waals surface area contributed by atoms with Crippen molar-refractivity contribution in [1.29, 1.82) is 0 Å². The van der Waals surface area contributed by atoms with Gasteiger partial charge in [-0.05, 0) is 72.0 Å². The molecule has 2 aromatic heterocycles. The van der Waals surface area contributed by atoms with Crippen LogP contribution < -0.4 is 0 Å². The standard InChI is InChI=1S/C20H14N.C20H13N.C15H14.6C2H6.14Y/c1-2-21-19-11-7-6-10-17(19)18-14-16(12-13-20(18)21)15-8-4-3-5-9-15;1-2-21-19-11-7-6-10-17(19)18-13-12-16(14-20(18)21)15-8-4-3-5-9-15;1-2-11-7-5-9-14-13-8-4-3-6-12(13)10-15(11)14;6*1-2;;;;;;;;;;;;;;/h3-8,10-11,13H,2H2,1H3;3-7,10-11,13H,2H2,1H3;3-9H,2,10H2,1H3;6*1-2H3;;;;;;;;;;;;;;/q-3;-4;;;;;;;;;;;;;;;;;;;;;. The molecule has 0 amide bonds. The van der Waals surface area contributed by atoms with Gasteiger partial charge < -0.3 is 67.8 Å². The maximum Gasteiger partial charge on any atom is 0.0297 e. The van der Waals surface area contributed by atoms with E-state index in [0.717, 1.165) is 53.7 Å². The number of fused-ring (bicyclic) bond motifs is 9. The molecule has 0 N–H and O–H groups in total. The quantitative estimate of drug-likeness (QED) is 0.152. The van der Waals surface area contributed by atoms with E-state index in [1.807, 2.05) is 126 Å². The summed E-state index contributed by atoms with van der Waals surface area (Å²) >= 11 is 0. The van der Waals surface area contributed by atoms with Crippen LogP contribution in [-0.4, -0.2) is 9.13 Å². The van der Waals surface area contributed by atoms with Crippen molar-refractivity contribution in [3.05, 3.63) is 205 Å². The molecule has 1 aliphatic rings. The maximum atomic E-state index is 3.53. The van der Waals surface area contributed by atoms with E-state index in [2.05, 4.69) is 175 Å². The summed E-state index contributed by atoms with van der Waals surface area (Å²) in [6.45, 7) is 32.4. The second-order valence-electron chi connectivity index (χ2n) is 14.2. The fraction of sp³-hybridized carbons (Fsp3) is 0.284. The van der Waals surface area contributed by atoms with Crippen LogP contribution in [0.3, 0.4) is 0 Å². The van der Waals surface area contributed by atoms with Gasteiger partial charge in [0.1, 0.15) is 0 Å². The van der Waals surface area contributed by atoms with Crippen LogP contribution in [0.15, 0.2) is 146 Å². The van der Waals surface area contributed by atoms with Gasteiger partial charge in [-0.25, -0.2) is 30.3 Å². The average Bonchev–Trinajstić information content (AvgIpc) is 4.12. The molecule has 0 saturated carbocycles. The van der Waals surface area contributed by atoms with Crippen molar-refractivity contribution in [1.82, 2.24) is 9.13 Å². The molecule has 1 aliphatic carbocycles. The molecule has 14 radical (unpaired) electrons. The van der Waals surface area contributed by atoms with Crippen LogP contribution in [0.5, 0.6) is 0 Å². The molecule has 11 rings (SSSR count). The van der Waals surface area contributed by atoms with E-state index in [1.165, 1.54) is 60.3 Å². The summed E-state index contributed by atoms with van der Waals surface area (Å²) in [4.78, 5) is 0. The predicted octanol–water partition coefficient (Wildman–Crippen LogP) is 19.5. The first-order valence-electron chi connectivity index (χ1n) is 25.9. The first-order valence-corrected chi connectivity index (χ1v) is 25.9. The maximum absolute atomic E-state index is 3.53. The average molecular weight is 2160 g/mol. The monoisotopic (exact) mass is 2150 g/mol. The summed E-state index contributed by atoms with van der Waals surface area (Å²) in [7, 11) is 0. The van der Waals surface area contributed by atoms with E-state index in [0.29, 0.717) is 0 Å². The number of para-hydroxylation sites is 2.